The van der Waals surface area contributed by atoms with Crippen molar-refractivity contribution in [3.8, 4) is 0 Å². The number of aliphatic hydroxyl groups excluding tert-OH is 1. The Balaban J connectivity index is 2.01. The average molecular weight is 282 g/mol. The maximum absolute atomic E-state index is 11.7. The highest BCUT2D eigenvalue weighted by Crippen LogP contribution is 2.59. The summed E-state index contributed by atoms with van der Waals surface area (Å²) in [6.45, 7) is 7.30. The number of ether oxygens (including phenoxy) is 1. The van der Waals surface area contributed by atoms with Gasteiger partial charge in [-0.15, -0.1) is 0 Å². The van der Waals surface area contributed by atoms with Crippen LogP contribution in [0.4, 0.5) is 0 Å². The lowest BCUT2D eigenvalue weighted by atomic mass is 9.51. The summed E-state index contributed by atoms with van der Waals surface area (Å²) in [6.07, 6.45) is 0.540. The quantitative estimate of drug-likeness (QED) is 0.445. The smallest absolute Gasteiger partial charge is 0.336 e. The van der Waals surface area contributed by atoms with Crippen molar-refractivity contribution in [2.24, 2.45) is 11.3 Å². The molecule has 6 atom stereocenters. The summed E-state index contributed by atoms with van der Waals surface area (Å²) in [5, 5.41) is 31.5. The first kappa shape index (κ1) is 14.0. The van der Waals surface area contributed by atoms with Gasteiger partial charge in [0.2, 0.25) is 0 Å². The van der Waals surface area contributed by atoms with E-state index >= 15 is 0 Å². The van der Waals surface area contributed by atoms with Gasteiger partial charge in [-0.05, 0) is 43.9 Å². The second-order valence-corrected chi connectivity index (χ2v) is 7.19. The molecule has 1 heterocycles. The molecular formula is C15H22O5. The molecule has 3 N–H and O–H groups in total. The fourth-order valence-electron chi connectivity index (χ4n) is 4.44. The van der Waals surface area contributed by atoms with Gasteiger partial charge in [0.25, 0.3) is 0 Å². The highest BCUT2D eigenvalue weighted by atomic mass is 16.6. The van der Waals surface area contributed by atoms with Gasteiger partial charge in [-0.2, -0.15) is 0 Å². The summed E-state index contributed by atoms with van der Waals surface area (Å²) in [6, 6.07) is 0. The second kappa shape index (κ2) is 3.84. The number of carbonyl (C=O) groups excluding carboxylic acids is 1. The molecule has 0 radical (unpaired) electrons. The lowest BCUT2D eigenvalue weighted by molar-refractivity contribution is -0.218. The van der Waals surface area contributed by atoms with E-state index in [9.17, 15) is 20.1 Å². The average Bonchev–Trinajstić information content (AvgIpc) is 2.57. The van der Waals surface area contributed by atoms with E-state index in [0.717, 1.165) is 6.42 Å². The molecule has 0 aromatic carbocycles. The lowest BCUT2D eigenvalue weighted by Gasteiger charge is -2.57. The normalized spacial score (nSPS) is 55.1. The summed E-state index contributed by atoms with van der Waals surface area (Å²) in [7, 11) is 0. The Bertz CT molecular complexity index is 485. The molecule has 5 nitrogen and oxygen atoms in total. The van der Waals surface area contributed by atoms with Crippen molar-refractivity contribution >= 4 is 5.97 Å². The van der Waals surface area contributed by atoms with Gasteiger partial charge in [0, 0.05) is 0 Å². The van der Waals surface area contributed by atoms with Crippen molar-refractivity contribution in [3.63, 3.8) is 0 Å². The number of hydrogen-bond acceptors (Lipinski definition) is 5. The Hall–Kier alpha value is -0.910. The maximum Gasteiger partial charge on any atom is 0.336 e. The lowest BCUT2D eigenvalue weighted by Crippen LogP contribution is -2.63. The molecule has 3 rings (SSSR count). The molecule has 2 saturated carbocycles. The zero-order chi connectivity index (χ0) is 14.9. The van der Waals surface area contributed by atoms with E-state index in [1.165, 1.54) is 0 Å². The van der Waals surface area contributed by atoms with Gasteiger partial charge >= 0.3 is 5.97 Å². The number of fused-ring (bicyclic) bond motifs is 2. The van der Waals surface area contributed by atoms with E-state index in [1.807, 2.05) is 6.92 Å². The maximum atomic E-state index is 11.7. The van der Waals surface area contributed by atoms with Gasteiger partial charge in [-0.1, -0.05) is 13.5 Å². The highest BCUT2D eigenvalue weighted by molar-refractivity contribution is 5.93. The Labute approximate surface area is 118 Å². The van der Waals surface area contributed by atoms with Crippen molar-refractivity contribution in [2.75, 3.05) is 0 Å². The molecule has 20 heavy (non-hydrogen) atoms. The number of carbonyl (C=O) groups is 1. The zero-order valence-electron chi connectivity index (χ0n) is 11.9. The van der Waals surface area contributed by atoms with Crippen LogP contribution in [0.1, 0.15) is 39.5 Å². The third-order valence-corrected chi connectivity index (χ3v) is 5.93. The predicted molar refractivity (Wildman–Crippen MR) is 70.7 cm³/mol. The molecule has 1 aliphatic heterocycles. The van der Waals surface area contributed by atoms with Crippen LogP contribution in [0.3, 0.4) is 0 Å². The summed E-state index contributed by atoms with van der Waals surface area (Å²) in [5.41, 5.74) is -2.88. The Morgan fingerprint density at radius 3 is 2.60 bits per heavy atom. The standard InChI is InChI=1S/C15H22O5/c1-8-12(17)20-11-7-13(2)5-4-10(16)14(3,18)9(13)6-15(8,11)19/h9-11,16,18-19H,1,4-7H2,2-3H3/t9-,10+,11+,13-,14-,15-/m0/s1. The summed E-state index contributed by atoms with van der Waals surface area (Å²) < 4.78 is 5.26. The zero-order valence-corrected chi connectivity index (χ0v) is 11.9. The molecule has 0 spiro atoms. The van der Waals surface area contributed by atoms with Crippen molar-refractivity contribution in [1.29, 1.82) is 0 Å². The largest absolute Gasteiger partial charge is 0.455 e. The fourth-order valence-corrected chi connectivity index (χ4v) is 4.44. The summed E-state index contributed by atoms with van der Waals surface area (Å²) in [4.78, 5) is 11.7. The third-order valence-electron chi connectivity index (χ3n) is 5.93. The molecule has 1 saturated heterocycles. The molecule has 0 aromatic rings. The van der Waals surface area contributed by atoms with E-state index in [1.54, 1.807) is 6.92 Å². The second-order valence-electron chi connectivity index (χ2n) is 7.19. The molecule has 3 fully saturated rings. The molecule has 5 heteroatoms. The third kappa shape index (κ3) is 1.57. The molecule has 3 aliphatic rings. The first-order valence-corrected chi connectivity index (χ1v) is 7.14. The number of aliphatic hydroxyl groups is 3. The van der Waals surface area contributed by atoms with E-state index in [0.29, 0.717) is 12.8 Å². The first-order valence-electron chi connectivity index (χ1n) is 7.14. The van der Waals surface area contributed by atoms with Crippen LogP contribution in [0.2, 0.25) is 0 Å². The van der Waals surface area contributed by atoms with Crippen LogP contribution in [-0.4, -0.2) is 44.7 Å². The minimum Gasteiger partial charge on any atom is -0.455 e. The van der Waals surface area contributed by atoms with Crippen LogP contribution in [0.5, 0.6) is 0 Å². The molecular weight excluding hydrogens is 260 g/mol. The topological polar surface area (TPSA) is 87.0 Å². The van der Waals surface area contributed by atoms with Gasteiger partial charge in [-0.25, -0.2) is 4.79 Å². The van der Waals surface area contributed by atoms with Crippen LogP contribution in [0, 0.1) is 11.3 Å². The molecule has 0 aromatic heterocycles. The van der Waals surface area contributed by atoms with Crippen LogP contribution in [0.25, 0.3) is 0 Å². The monoisotopic (exact) mass is 282 g/mol. The minimum atomic E-state index is -1.41. The fraction of sp³-hybridized carbons (Fsp3) is 0.800. The minimum absolute atomic E-state index is 0.0698. The molecule has 112 valence electrons. The summed E-state index contributed by atoms with van der Waals surface area (Å²) >= 11 is 0. The molecule has 0 amide bonds. The predicted octanol–water partition coefficient (Wildman–Crippen LogP) is 0.521. The van der Waals surface area contributed by atoms with Crippen LogP contribution in [0.15, 0.2) is 12.2 Å². The highest BCUT2D eigenvalue weighted by Gasteiger charge is 2.65. The number of esters is 1. The number of hydrogen-bond donors (Lipinski definition) is 3. The Morgan fingerprint density at radius 1 is 1.30 bits per heavy atom. The van der Waals surface area contributed by atoms with Gasteiger partial charge in [0.15, 0.2) is 0 Å². The SMILES string of the molecule is C=C1C(=O)O[C@@H]2C[C@]3(C)CC[C@@H](O)[C@@](C)(O)[C@H]3C[C@]12O. The summed E-state index contributed by atoms with van der Waals surface area (Å²) in [5.74, 6) is -0.855. The van der Waals surface area contributed by atoms with Crippen molar-refractivity contribution in [3.05, 3.63) is 12.2 Å². The van der Waals surface area contributed by atoms with Crippen molar-refractivity contribution < 1.29 is 24.9 Å². The van der Waals surface area contributed by atoms with Gasteiger partial charge in [-0.3, -0.25) is 0 Å². The Morgan fingerprint density at radius 2 is 1.95 bits per heavy atom. The van der Waals surface area contributed by atoms with Gasteiger partial charge in [0.05, 0.1) is 17.3 Å². The first-order chi connectivity index (χ1) is 9.11. The Kier molecular flexibility index (Phi) is 2.70. The van der Waals surface area contributed by atoms with E-state index in [2.05, 4.69) is 6.58 Å². The van der Waals surface area contributed by atoms with Crippen molar-refractivity contribution in [2.45, 2.75) is 62.9 Å². The van der Waals surface area contributed by atoms with Crippen LogP contribution in [-0.2, 0) is 9.53 Å². The van der Waals surface area contributed by atoms with E-state index in [4.69, 9.17) is 4.74 Å². The molecule has 2 aliphatic carbocycles. The number of rotatable bonds is 0. The van der Waals surface area contributed by atoms with E-state index < -0.39 is 29.4 Å². The van der Waals surface area contributed by atoms with Gasteiger partial charge < -0.3 is 20.1 Å². The molecule has 0 unspecified atom stereocenters. The van der Waals surface area contributed by atoms with Crippen LogP contribution >= 0.6 is 0 Å². The van der Waals surface area contributed by atoms with Crippen molar-refractivity contribution in [1.82, 2.24) is 0 Å². The molecule has 0 bridgehead atoms. The van der Waals surface area contributed by atoms with E-state index in [-0.39, 0.29) is 23.3 Å². The van der Waals surface area contributed by atoms with Gasteiger partial charge in [0.1, 0.15) is 11.7 Å². The van der Waals surface area contributed by atoms with Crippen LogP contribution < -0.4 is 0 Å².